The van der Waals surface area contributed by atoms with Crippen molar-refractivity contribution in [3.63, 3.8) is 0 Å². The summed E-state index contributed by atoms with van der Waals surface area (Å²) in [5, 5.41) is 3.98. The molecular formula is C20H27N3O3S. The lowest BCUT2D eigenvalue weighted by Crippen LogP contribution is -2.51. The number of aryl methyl sites for hydroxylation is 1. The van der Waals surface area contributed by atoms with Gasteiger partial charge < -0.3 is 19.5 Å². The summed E-state index contributed by atoms with van der Waals surface area (Å²) in [5.74, 6) is 0.388. The summed E-state index contributed by atoms with van der Waals surface area (Å²) in [4.78, 5) is 27.7. The lowest BCUT2D eigenvalue weighted by molar-refractivity contribution is -0.139. The molecule has 2 amide bonds. The number of benzene rings is 1. The minimum atomic E-state index is -0.185. The van der Waals surface area contributed by atoms with Crippen molar-refractivity contribution in [2.24, 2.45) is 0 Å². The zero-order valence-electron chi connectivity index (χ0n) is 15.9. The standard InChI is InChI=1S/C20H27N3O3S/c1-3-21-19(24)11-15-13-26-10-9-23(15)20(25)14-27-18-12-22(4-2)17-8-6-5-7-16(17)18/h5-8,12,15H,3-4,9-11,13-14H2,1-2H3,(H,21,24). The maximum atomic E-state index is 12.8. The molecule has 7 heteroatoms. The van der Waals surface area contributed by atoms with Gasteiger partial charge in [0.15, 0.2) is 0 Å². The molecule has 146 valence electrons. The van der Waals surface area contributed by atoms with Crippen molar-refractivity contribution in [2.45, 2.75) is 37.8 Å². The van der Waals surface area contributed by atoms with E-state index in [2.05, 4.69) is 35.1 Å². The molecule has 1 unspecified atom stereocenters. The van der Waals surface area contributed by atoms with Crippen LogP contribution in [0.5, 0.6) is 0 Å². The zero-order valence-corrected chi connectivity index (χ0v) is 16.8. The lowest BCUT2D eigenvalue weighted by atomic mass is 10.1. The minimum Gasteiger partial charge on any atom is -0.377 e. The molecule has 1 saturated heterocycles. The summed E-state index contributed by atoms with van der Waals surface area (Å²) >= 11 is 1.57. The van der Waals surface area contributed by atoms with Crippen LogP contribution in [0.1, 0.15) is 20.3 Å². The number of nitrogens with one attached hydrogen (secondary N) is 1. The average Bonchev–Trinajstić information content (AvgIpc) is 3.05. The normalized spacial score (nSPS) is 17.3. The van der Waals surface area contributed by atoms with Crippen molar-refractivity contribution >= 4 is 34.5 Å². The van der Waals surface area contributed by atoms with Crippen LogP contribution in [0.2, 0.25) is 0 Å². The van der Waals surface area contributed by atoms with Gasteiger partial charge in [-0.3, -0.25) is 9.59 Å². The van der Waals surface area contributed by atoms with E-state index < -0.39 is 0 Å². The van der Waals surface area contributed by atoms with Crippen molar-refractivity contribution < 1.29 is 14.3 Å². The number of hydrogen-bond donors (Lipinski definition) is 1. The molecule has 1 aromatic heterocycles. The van der Waals surface area contributed by atoms with Gasteiger partial charge in [0.1, 0.15) is 0 Å². The highest BCUT2D eigenvalue weighted by molar-refractivity contribution is 8.00. The van der Waals surface area contributed by atoms with E-state index in [0.717, 1.165) is 11.4 Å². The quantitative estimate of drug-likeness (QED) is 0.739. The Labute approximate surface area is 164 Å². The number of aromatic nitrogens is 1. The molecule has 6 nitrogen and oxygen atoms in total. The number of carbonyl (C=O) groups excluding carboxylic acids is 2. The van der Waals surface area contributed by atoms with Gasteiger partial charge in [0.25, 0.3) is 0 Å². The van der Waals surface area contributed by atoms with Crippen molar-refractivity contribution in [3.05, 3.63) is 30.5 Å². The molecule has 2 heterocycles. The van der Waals surface area contributed by atoms with Crippen molar-refractivity contribution in [3.8, 4) is 0 Å². The Morgan fingerprint density at radius 3 is 2.89 bits per heavy atom. The smallest absolute Gasteiger partial charge is 0.233 e. The first-order valence-electron chi connectivity index (χ1n) is 9.48. The predicted octanol–water partition coefficient (Wildman–Crippen LogP) is 2.51. The summed E-state index contributed by atoms with van der Waals surface area (Å²) in [6, 6.07) is 8.08. The molecule has 1 fully saturated rings. The largest absolute Gasteiger partial charge is 0.377 e. The van der Waals surface area contributed by atoms with E-state index in [1.54, 1.807) is 11.8 Å². The number of amides is 2. The van der Waals surface area contributed by atoms with E-state index in [-0.39, 0.29) is 17.9 Å². The first-order valence-corrected chi connectivity index (χ1v) is 10.5. The fourth-order valence-corrected chi connectivity index (χ4v) is 4.42. The van der Waals surface area contributed by atoms with Crippen LogP contribution in [-0.2, 0) is 20.9 Å². The fraction of sp³-hybridized carbons (Fsp3) is 0.500. The third kappa shape index (κ3) is 4.65. The lowest BCUT2D eigenvalue weighted by Gasteiger charge is -2.35. The summed E-state index contributed by atoms with van der Waals surface area (Å²) in [6.45, 7) is 6.98. The van der Waals surface area contributed by atoms with Crippen LogP contribution in [0.4, 0.5) is 0 Å². The van der Waals surface area contributed by atoms with Crippen molar-refractivity contribution in [1.29, 1.82) is 0 Å². The molecule has 1 aromatic carbocycles. The molecule has 0 radical (unpaired) electrons. The Morgan fingerprint density at radius 1 is 1.30 bits per heavy atom. The highest BCUT2D eigenvalue weighted by Gasteiger charge is 2.29. The van der Waals surface area contributed by atoms with Gasteiger partial charge in [0.2, 0.25) is 11.8 Å². The molecule has 0 bridgehead atoms. The van der Waals surface area contributed by atoms with Gasteiger partial charge in [-0.05, 0) is 19.9 Å². The fourth-order valence-electron chi connectivity index (χ4n) is 3.45. The van der Waals surface area contributed by atoms with Crippen LogP contribution in [0.25, 0.3) is 10.9 Å². The Kier molecular flexibility index (Phi) is 6.79. The molecule has 1 atom stereocenters. The van der Waals surface area contributed by atoms with Gasteiger partial charge in [-0.15, -0.1) is 11.8 Å². The van der Waals surface area contributed by atoms with Crippen molar-refractivity contribution in [2.75, 3.05) is 32.1 Å². The number of para-hydroxylation sites is 1. The maximum Gasteiger partial charge on any atom is 0.233 e. The minimum absolute atomic E-state index is 0.0375. The van der Waals surface area contributed by atoms with Crippen LogP contribution < -0.4 is 5.32 Å². The molecule has 1 aliphatic rings. The van der Waals surface area contributed by atoms with Crippen LogP contribution in [0, 0.1) is 0 Å². The zero-order chi connectivity index (χ0) is 19.2. The second kappa shape index (κ2) is 9.28. The Hall–Kier alpha value is -1.99. The van der Waals surface area contributed by atoms with Gasteiger partial charge in [-0.1, -0.05) is 18.2 Å². The topological polar surface area (TPSA) is 63.6 Å². The van der Waals surface area contributed by atoms with Gasteiger partial charge in [0.05, 0.1) is 25.0 Å². The molecule has 0 spiro atoms. The van der Waals surface area contributed by atoms with E-state index >= 15 is 0 Å². The van der Waals surface area contributed by atoms with E-state index in [4.69, 9.17) is 4.74 Å². The number of carbonyl (C=O) groups is 2. The van der Waals surface area contributed by atoms with Crippen molar-refractivity contribution in [1.82, 2.24) is 14.8 Å². The van der Waals surface area contributed by atoms with Gasteiger partial charge >= 0.3 is 0 Å². The van der Waals surface area contributed by atoms with E-state index in [1.807, 2.05) is 24.0 Å². The van der Waals surface area contributed by atoms with Gasteiger partial charge in [-0.25, -0.2) is 0 Å². The Morgan fingerprint density at radius 2 is 2.11 bits per heavy atom. The third-order valence-corrected chi connectivity index (χ3v) is 5.81. The number of rotatable bonds is 7. The number of fused-ring (bicyclic) bond motifs is 1. The molecular weight excluding hydrogens is 362 g/mol. The number of thioether (sulfide) groups is 1. The molecule has 3 rings (SSSR count). The molecule has 0 saturated carbocycles. The first kappa shape index (κ1) is 19.8. The Balaban J connectivity index is 1.66. The average molecular weight is 390 g/mol. The molecule has 27 heavy (non-hydrogen) atoms. The van der Waals surface area contributed by atoms with Crippen LogP contribution in [0.15, 0.2) is 35.4 Å². The monoisotopic (exact) mass is 389 g/mol. The van der Waals surface area contributed by atoms with Gasteiger partial charge in [0, 0.05) is 48.1 Å². The maximum absolute atomic E-state index is 12.8. The molecule has 1 N–H and O–H groups in total. The summed E-state index contributed by atoms with van der Waals surface area (Å²) in [6.07, 6.45) is 2.41. The van der Waals surface area contributed by atoms with Crippen LogP contribution in [0.3, 0.4) is 0 Å². The highest BCUT2D eigenvalue weighted by atomic mass is 32.2. The first-order chi connectivity index (χ1) is 13.1. The molecule has 2 aromatic rings. The van der Waals surface area contributed by atoms with E-state index in [0.29, 0.717) is 38.5 Å². The Bertz CT molecular complexity index is 805. The number of ether oxygens (including phenoxy) is 1. The number of hydrogen-bond acceptors (Lipinski definition) is 4. The highest BCUT2D eigenvalue weighted by Crippen LogP contribution is 2.30. The van der Waals surface area contributed by atoms with Gasteiger partial charge in [-0.2, -0.15) is 0 Å². The van der Waals surface area contributed by atoms with Crippen LogP contribution >= 0.6 is 11.8 Å². The summed E-state index contributed by atoms with van der Waals surface area (Å²) in [7, 11) is 0. The number of morpholine rings is 1. The summed E-state index contributed by atoms with van der Waals surface area (Å²) in [5.41, 5.74) is 1.19. The van der Waals surface area contributed by atoms with E-state index in [9.17, 15) is 9.59 Å². The molecule has 0 aliphatic carbocycles. The van der Waals surface area contributed by atoms with Crippen LogP contribution in [-0.4, -0.2) is 59.4 Å². The summed E-state index contributed by atoms with van der Waals surface area (Å²) < 4.78 is 7.70. The SMILES string of the molecule is CCNC(=O)CC1COCCN1C(=O)CSc1cn(CC)c2ccccc12. The number of nitrogens with zero attached hydrogens (tertiary/aromatic N) is 2. The third-order valence-electron chi connectivity index (χ3n) is 4.79. The second-order valence-electron chi connectivity index (χ2n) is 6.56. The second-order valence-corrected chi connectivity index (χ2v) is 7.58. The predicted molar refractivity (Wildman–Crippen MR) is 108 cm³/mol. The van der Waals surface area contributed by atoms with E-state index in [1.165, 1.54) is 10.9 Å². The molecule has 1 aliphatic heterocycles.